The largest absolute Gasteiger partial charge is 0.491 e. The number of benzene rings is 1. The van der Waals surface area contributed by atoms with Gasteiger partial charge in [-0.15, -0.1) is 0 Å². The number of hydrogen-bond donors (Lipinski definition) is 1. The van der Waals surface area contributed by atoms with E-state index in [0.717, 1.165) is 24.1 Å². The molecule has 1 N–H and O–H groups in total. The van der Waals surface area contributed by atoms with Gasteiger partial charge in [0.25, 0.3) is 0 Å². The van der Waals surface area contributed by atoms with Gasteiger partial charge in [0.2, 0.25) is 0 Å². The number of thioether (sulfide) groups is 1. The summed E-state index contributed by atoms with van der Waals surface area (Å²) in [5, 5.41) is 4.21. The Labute approximate surface area is 116 Å². The first-order valence-electron chi connectivity index (χ1n) is 6.61. The highest BCUT2D eigenvalue weighted by Gasteiger charge is 2.05. The van der Waals surface area contributed by atoms with Gasteiger partial charge in [0.05, 0.1) is 6.10 Å². The molecule has 0 bridgehead atoms. The van der Waals surface area contributed by atoms with Crippen LogP contribution in [0.4, 0.5) is 0 Å². The molecule has 1 aromatic carbocycles. The maximum Gasteiger partial charge on any atom is 0.124 e. The molecule has 1 unspecified atom stereocenters. The minimum atomic E-state index is 0.225. The van der Waals surface area contributed by atoms with E-state index < -0.39 is 0 Å². The van der Waals surface area contributed by atoms with Crippen molar-refractivity contribution in [2.24, 2.45) is 0 Å². The maximum absolute atomic E-state index is 5.80. The number of para-hydroxylation sites is 1. The Morgan fingerprint density at radius 1 is 1.22 bits per heavy atom. The van der Waals surface area contributed by atoms with E-state index in [-0.39, 0.29) is 6.10 Å². The lowest BCUT2D eigenvalue weighted by molar-refractivity contribution is 0.239. The summed E-state index contributed by atoms with van der Waals surface area (Å²) >= 11 is 1.92. The van der Waals surface area contributed by atoms with Crippen LogP contribution < -0.4 is 10.1 Å². The topological polar surface area (TPSA) is 21.3 Å². The van der Waals surface area contributed by atoms with E-state index in [2.05, 4.69) is 44.5 Å². The highest BCUT2D eigenvalue weighted by atomic mass is 32.2. The van der Waals surface area contributed by atoms with Gasteiger partial charge >= 0.3 is 0 Å². The lowest BCUT2D eigenvalue weighted by Crippen LogP contribution is -2.18. The second kappa shape index (κ2) is 8.44. The van der Waals surface area contributed by atoms with Crippen molar-refractivity contribution >= 4 is 11.8 Å². The predicted molar refractivity (Wildman–Crippen MR) is 81.5 cm³/mol. The zero-order valence-corrected chi connectivity index (χ0v) is 12.7. The molecule has 2 nitrogen and oxygen atoms in total. The summed E-state index contributed by atoms with van der Waals surface area (Å²) < 4.78 is 5.80. The van der Waals surface area contributed by atoms with E-state index in [4.69, 9.17) is 4.74 Å². The molecule has 3 heteroatoms. The Morgan fingerprint density at radius 3 is 2.61 bits per heavy atom. The van der Waals surface area contributed by atoms with E-state index in [9.17, 15) is 0 Å². The summed E-state index contributed by atoms with van der Waals surface area (Å²) in [6, 6.07) is 8.26. The monoisotopic (exact) mass is 267 g/mol. The third kappa shape index (κ3) is 5.78. The third-order valence-corrected chi connectivity index (χ3v) is 3.82. The van der Waals surface area contributed by atoms with Crippen LogP contribution in [0.5, 0.6) is 5.75 Å². The lowest BCUT2D eigenvalue weighted by atomic mass is 10.2. The molecule has 1 atom stereocenters. The van der Waals surface area contributed by atoms with Gasteiger partial charge in [-0.2, -0.15) is 11.8 Å². The van der Waals surface area contributed by atoms with Gasteiger partial charge in [0.1, 0.15) is 5.75 Å². The molecule has 0 saturated heterocycles. The fourth-order valence-corrected chi connectivity index (χ4v) is 2.02. The van der Waals surface area contributed by atoms with Crippen molar-refractivity contribution in [3.05, 3.63) is 29.8 Å². The van der Waals surface area contributed by atoms with Crippen LogP contribution in [0.1, 0.15) is 32.8 Å². The smallest absolute Gasteiger partial charge is 0.124 e. The summed E-state index contributed by atoms with van der Waals surface area (Å²) in [6.07, 6.45) is 3.59. The number of nitrogens with one attached hydrogen (secondary N) is 1. The Hall–Kier alpha value is -0.670. The van der Waals surface area contributed by atoms with Crippen LogP contribution in [0, 0.1) is 0 Å². The molecule has 0 saturated carbocycles. The van der Waals surface area contributed by atoms with Crippen molar-refractivity contribution in [2.75, 3.05) is 12.8 Å². The van der Waals surface area contributed by atoms with Gasteiger partial charge in [0, 0.05) is 17.4 Å². The number of hydrogen-bond acceptors (Lipinski definition) is 3. The van der Waals surface area contributed by atoms with E-state index >= 15 is 0 Å². The molecule has 102 valence electrons. The molecule has 18 heavy (non-hydrogen) atoms. The number of rotatable bonds is 8. The summed E-state index contributed by atoms with van der Waals surface area (Å²) in [4.78, 5) is 0. The van der Waals surface area contributed by atoms with Crippen LogP contribution in [0.25, 0.3) is 0 Å². The van der Waals surface area contributed by atoms with Gasteiger partial charge in [-0.3, -0.25) is 0 Å². The Balaban J connectivity index is 2.41. The van der Waals surface area contributed by atoms with Crippen molar-refractivity contribution in [2.45, 2.75) is 45.1 Å². The molecule has 0 radical (unpaired) electrons. The molecule has 0 aliphatic rings. The molecule has 0 fully saturated rings. The first-order chi connectivity index (χ1) is 8.63. The normalized spacial score (nSPS) is 12.7. The number of ether oxygens (including phenoxy) is 1. The quantitative estimate of drug-likeness (QED) is 0.726. The van der Waals surface area contributed by atoms with E-state index in [0.29, 0.717) is 0 Å². The van der Waals surface area contributed by atoms with Gasteiger partial charge in [-0.05, 0) is 39.1 Å². The molecule has 1 aromatic rings. The third-order valence-electron chi connectivity index (χ3n) is 2.78. The van der Waals surface area contributed by atoms with E-state index in [1.54, 1.807) is 0 Å². The van der Waals surface area contributed by atoms with Crippen LogP contribution >= 0.6 is 11.8 Å². The molecule has 0 aromatic heterocycles. The van der Waals surface area contributed by atoms with Crippen LogP contribution in [0.2, 0.25) is 0 Å². The SMILES string of the molecule is CSC(C)CCNCc1ccccc1OC(C)C. The van der Waals surface area contributed by atoms with Crippen molar-refractivity contribution in [3.63, 3.8) is 0 Å². The summed E-state index contributed by atoms with van der Waals surface area (Å²) in [5.74, 6) is 0.998. The van der Waals surface area contributed by atoms with Crippen molar-refractivity contribution in [3.8, 4) is 5.75 Å². The average molecular weight is 267 g/mol. The summed E-state index contributed by atoms with van der Waals surface area (Å²) in [6.45, 7) is 8.32. The summed E-state index contributed by atoms with van der Waals surface area (Å²) in [7, 11) is 0. The fraction of sp³-hybridized carbons (Fsp3) is 0.600. The van der Waals surface area contributed by atoms with Crippen LogP contribution in [-0.4, -0.2) is 24.2 Å². The lowest BCUT2D eigenvalue weighted by Gasteiger charge is -2.15. The van der Waals surface area contributed by atoms with Crippen LogP contribution in [0.3, 0.4) is 0 Å². The molecule has 0 amide bonds. The van der Waals surface area contributed by atoms with E-state index in [1.165, 1.54) is 12.0 Å². The van der Waals surface area contributed by atoms with Crippen molar-refractivity contribution in [1.29, 1.82) is 0 Å². The second-order valence-electron chi connectivity index (χ2n) is 4.79. The minimum absolute atomic E-state index is 0.225. The van der Waals surface area contributed by atoms with Gasteiger partial charge in [-0.1, -0.05) is 25.1 Å². The Bertz CT molecular complexity index is 341. The molecule has 0 aliphatic heterocycles. The maximum atomic E-state index is 5.80. The van der Waals surface area contributed by atoms with Crippen LogP contribution in [0.15, 0.2) is 24.3 Å². The second-order valence-corrected chi connectivity index (χ2v) is 6.06. The molecule has 0 spiro atoms. The predicted octanol–water partition coefficient (Wildman–Crippen LogP) is 3.71. The standard InChI is InChI=1S/C15H25NOS/c1-12(2)17-15-8-6-5-7-14(15)11-16-10-9-13(3)18-4/h5-8,12-13,16H,9-11H2,1-4H3. The Kier molecular flexibility index (Phi) is 7.21. The molecule has 0 heterocycles. The fourth-order valence-electron chi connectivity index (χ4n) is 1.67. The average Bonchev–Trinajstić information content (AvgIpc) is 2.35. The molecule has 0 aliphatic carbocycles. The molecular weight excluding hydrogens is 242 g/mol. The zero-order valence-electron chi connectivity index (χ0n) is 11.9. The highest BCUT2D eigenvalue weighted by molar-refractivity contribution is 7.99. The van der Waals surface area contributed by atoms with Gasteiger partial charge < -0.3 is 10.1 Å². The minimum Gasteiger partial charge on any atom is -0.491 e. The van der Waals surface area contributed by atoms with Gasteiger partial charge in [0.15, 0.2) is 0 Å². The first kappa shape index (κ1) is 15.4. The summed E-state index contributed by atoms with van der Waals surface area (Å²) in [5.41, 5.74) is 1.24. The molecule has 1 rings (SSSR count). The van der Waals surface area contributed by atoms with Crippen LogP contribution in [-0.2, 0) is 6.54 Å². The van der Waals surface area contributed by atoms with Crippen molar-refractivity contribution < 1.29 is 4.74 Å². The Morgan fingerprint density at radius 2 is 1.94 bits per heavy atom. The zero-order chi connectivity index (χ0) is 13.4. The highest BCUT2D eigenvalue weighted by Crippen LogP contribution is 2.19. The van der Waals surface area contributed by atoms with Gasteiger partial charge in [-0.25, -0.2) is 0 Å². The van der Waals surface area contributed by atoms with E-state index in [1.807, 2.05) is 23.9 Å². The first-order valence-corrected chi connectivity index (χ1v) is 7.90. The van der Waals surface area contributed by atoms with Crippen molar-refractivity contribution in [1.82, 2.24) is 5.32 Å². The molecular formula is C15H25NOS.